The van der Waals surface area contributed by atoms with Crippen LogP contribution >= 0.6 is 0 Å². The third-order valence-electron chi connectivity index (χ3n) is 7.60. The molecule has 7 nitrogen and oxygen atoms in total. The molecule has 0 N–H and O–H groups in total. The SMILES string of the molecule is CO[C@H]1C(C2(C)OC2CC=C(C)C)[C@]2(CC[C@H]1OC(=O)/C=C/c1ccc(OCCOC(C)C)cc1)CO2. The summed E-state index contributed by atoms with van der Waals surface area (Å²) in [5, 5.41) is 0. The molecule has 0 aromatic heterocycles. The molecule has 1 aliphatic carbocycles. The van der Waals surface area contributed by atoms with Crippen LogP contribution in [-0.4, -0.2) is 68.5 Å². The van der Waals surface area contributed by atoms with E-state index in [2.05, 4.69) is 26.8 Å². The van der Waals surface area contributed by atoms with E-state index >= 15 is 0 Å². The third-order valence-corrected chi connectivity index (χ3v) is 7.60. The topological polar surface area (TPSA) is 79.1 Å². The molecule has 0 bridgehead atoms. The first-order valence-electron chi connectivity index (χ1n) is 13.4. The van der Waals surface area contributed by atoms with Crippen molar-refractivity contribution in [3.05, 3.63) is 47.6 Å². The van der Waals surface area contributed by atoms with Gasteiger partial charge >= 0.3 is 5.97 Å². The second-order valence-corrected chi connectivity index (χ2v) is 11.0. The van der Waals surface area contributed by atoms with Gasteiger partial charge in [0.15, 0.2) is 0 Å². The molecule has 1 spiro atoms. The lowest BCUT2D eigenvalue weighted by Crippen LogP contribution is -2.55. The van der Waals surface area contributed by atoms with Crippen molar-refractivity contribution in [1.82, 2.24) is 0 Å². The molecule has 3 fully saturated rings. The quantitative estimate of drug-likeness (QED) is 0.126. The van der Waals surface area contributed by atoms with E-state index in [1.165, 1.54) is 11.6 Å². The fourth-order valence-electron chi connectivity index (χ4n) is 5.54. The van der Waals surface area contributed by atoms with Gasteiger partial charge in [-0.1, -0.05) is 23.8 Å². The number of ether oxygens (including phenoxy) is 6. The molecule has 3 unspecified atom stereocenters. The fourth-order valence-corrected chi connectivity index (χ4v) is 5.54. The van der Waals surface area contributed by atoms with Crippen LogP contribution < -0.4 is 4.74 Å². The summed E-state index contributed by atoms with van der Waals surface area (Å²) in [6.07, 6.45) is 7.51. The Morgan fingerprint density at radius 3 is 2.54 bits per heavy atom. The molecule has 0 radical (unpaired) electrons. The number of esters is 1. The van der Waals surface area contributed by atoms with Gasteiger partial charge in [0.05, 0.1) is 31.3 Å². The Kier molecular flexibility index (Phi) is 8.79. The van der Waals surface area contributed by atoms with Gasteiger partial charge in [-0.3, -0.25) is 0 Å². The first kappa shape index (κ1) is 27.8. The summed E-state index contributed by atoms with van der Waals surface area (Å²) in [7, 11) is 1.69. The molecule has 2 saturated heterocycles. The number of carbonyl (C=O) groups is 1. The number of epoxide rings is 2. The normalized spacial score (nSPS) is 32.5. The Bertz CT molecular complexity index is 974. The number of benzene rings is 1. The summed E-state index contributed by atoms with van der Waals surface area (Å²) in [5.74, 6) is 0.389. The molecule has 1 aromatic carbocycles. The Morgan fingerprint density at radius 2 is 1.92 bits per heavy atom. The average molecular weight is 515 g/mol. The van der Waals surface area contributed by atoms with Crippen LogP contribution in [-0.2, 0) is 28.5 Å². The van der Waals surface area contributed by atoms with Crippen LogP contribution in [0, 0.1) is 5.92 Å². The molecular weight excluding hydrogens is 472 g/mol. The standard InChI is InChI=1S/C30H42O7/c1-20(2)7-13-25-29(5,37-25)28-27(32-6)24(15-16-30(28)19-35-30)36-26(31)14-10-22-8-11-23(12-9-22)34-18-17-33-21(3)4/h7-12,14,21,24-25,27-28H,13,15-19H2,1-6H3/b14-10+/t24-,25?,27-,28?,29?,30+/m1/s1. The van der Waals surface area contributed by atoms with Gasteiger partial charge in [0.1, 0.15) is 35.8 Å². The van der Waals surface area contributed by atoms with Crippen LogP contribution in [0.4, 0.5) is 0 Å². The van der Waals surface area contributed by atoms with Gasteiger partial charge < -0.3 is 28.4 Å². The van der Waals surface area contributed by atoms with Gasteiger partial charge in [0.25, 0.3) is 0 Å². The van der Waals surface area contributed by atoms with Crippen molar-refractivity contribution in [2.75, 3.05) is 26.9 Å². The van der Waals surface area contributed by atoms with Gasteiger partial charge in [0.2, 0.25) is 0 Å². The van der Waals surface area contributed by atoms with Gasteiger partial charge in [-0.2, -0.15) is 0 Å². The first-order chi connectivity index (χ1) is 17.7. The minimum atomic E-state index is -0.382. The number of hydrogen-bond acceptors (Lipinski definition) is 7. The maximum absolute atomic E-state index is 12.8. The second-order valence-electron chi connectivity index (χ2n) is 11.0. The van der Waals surface area contributed by atoms with E-state index in [0.717, 1.165) is 24.2 Å². The van der Waals surface area contributed by atoms with E-state index < -0.39 is 0 Å². The van der Waals surface area contributed by atoms with E-state index in [4.69, 9.17) is 28.4 Å². The lowest BCUT2D eigenvalue weighted by molar-refractivity contribution is -0.166. The summed E-state index contributed by atoms with van der Waals surface area (Å²) in [5.41, 5.74) is 1.57. The van der Waals surface area contributed by atoms with Crippen LogP contribution in [0.1, 0.15) is 59.4 Å². The minimum absolute atomic E-state index is 0.00887. The van der Waals surface area contributed by atoms with E-state index in [-0.39, 0.29) is 47.5 Å². The highest BCUT2D eigenvalue weighted by Gasteiger charge is 2.72. The number of hydrogen-bond donors (Lipinski definition) is 0. The molecule has 0 amide bonds. The van der Waals surface area contributed by atoms with Crippen molar-refractivity contribution in [2.45, 2.75) is 89.5 Å². The van der Waals surface area contributed by atoms with Crippen molar-refractivity contribution in [1.29, 1.82) is 0 Å². The summed E-state index contributed by atoms with van der Waals surface area (Å²) >= 11 is 0. The maximum atomic E-state index is 12.8. The summed E-state index contributed by atoms with van der Waals surface area (Å²) < 4.78 is 35.3. The molecule has 7 heteroatoms. The van der Waals surface area contributed by atoms with Crippen LogP contribution in [0.15, 0.2) is 42.0 Å². The average Bonchev–Trinajstić information content (AvgIpc) is 3.78. The van der Waals surface area contributed by atoms with Gasteiger partial charge in [0, 0.05) is 13.2 Å². The number of allylic oxidation sites excluding steroid dienone is 1. The van der Waals surface area contributed by atoms with Crippen molar-refractivity contribution in [3.63, 3.8) is 0 Å². The summed E-state index contributed by atoms with van der Waals surface area (Å²) in [6, 6.07) is 7.57. The van der Waals surface area contributed by atoms with Crippen LogP contribution in [0.25, 0.3) is 6.08 Å². The van der Waals surface area contributed by atoms with Crippen molar-refractivity contribution in [3.8, 4) is 5.75 Å². The van der Waals surface area contributed by atoms with Gasteiger partial charge in [-0.15, -0.1) is 0 Å². The van der Waals surface area contributed by atoms with E-state index in [9.17, 15) is 4.79 Å². The Morgan fingerprint density at radius 1 is 1.19 bits per heavy atom. The van der Waals surface area contributed by atoms with Gasteiger partial charge in [-0.25, -0.2) is 4.79 Å². The van der Waals surface area contributed by atoms with Crippen molar-refractivity contribution < 1.29 is 33.2 Å². The molecule has 4 rings (SSSR count). The zero-order valence-corrected chi connectivity index (χ0v) is 23.0. The van der Waals surface area contributed by atoms with E-state index in [0.29, 0.717) is 26.2 Å². The minimum Gasteiger partial charge on any atom is -0.491 e. The Balaban J connectivity index is 1.33. The highest BCUT2D eigenvalue weighted by Crippen LogP contribution is 2.59. The molecule has 6 atom stereocenters. The molecule has 204 valence electrons. The van der Waals surface area contributed by atoms with Crippen molar-refractivity contribution in [2.24, 2.45) is 5.92 Å². The lowest BCUT2D eigenvalue weighted by atomic mass is 9.68. The fraction of sp³-hybridized carbons (Fsp3) is 0.633. The van der Waals surface area contributed by atoms with Crippen LogP contribution in [0.3, 0.4) is 0 Å². The predicted octanol–water partition coefficient (Wildman–Crippen LogP) is 5.12. The highest BCUT2D eigenvalue weighted by atomic mass is 16.6. The van der Waals surface area contributed by atoms with Gasteiger partial charge in [-0.05, 0) is 77.7 Å². The molecule has 1 saturated carbocycles. The molecular formula is C30H42O7. The predicted molar refractivity (Wildman–Crippen MR) is 141 cm³/mol. The monoisotopic (exact) mass is 514 g/mol. The summed E-state index contributed by atoms with van der Waals surface area (Å²) in [6.45, 7) is 12.1. The number of rotatable bonds is 12. The third kappa shape index (κ3) is 6.82. The second kappa shape index (κ2) is 11.7. The van der Waals surface area contributed by atoms with Crippen molar-refractivity contribution >= 4 is 12.0 Å². The Labute approximate surface area is 221 Å². The van der Waals surface area contributed by atoms with E-state index in [1.807, 2.05) is 38.1 Å². The molecule has 37 heavy (non-hydrogen) atoms. The Hall–Kier alpha value is -2.19. The lowest BCUT2D eigenvalue weighted by Gasteiger charge is -2.42. The molecule has 1 aromatic rings. The maximum Gasteiger partial charge on any atom is 0.331 e. The zero-order chi connectivity index (χ0) is 26.6. The smallest absolute Gasteiger partial charge is 0.331 e. The largest absolute Gasteiger partial charge is 0.491 e. The number of methoxy groups -OCH3 is 1. The van der Waals surface area contributed by atoms with Crippen LogP contribution in [0.2, 0.25) is 0 Å². The van der Waals surface area contributed by atoms with Crippen LogP contribution in [0.5, 0.6) is 5.75 Å². The molecule has 3 aliphatic rings. The highest BCUT2D eigenvalue weighted by molar-refractivity contribution is 5.87. The number of carbonyl (C=O) groups excluding carboxylic acids is 1. The molecule has 2 aliphatic heterocycles. The summed E-state index contributed by atoms with van der Waals surface area (Å²) in [4.78, 5) is 12.8. The molecule has 2 heterocycles. The van der Waals surface area contributed by atoms with E-state index in [1.54, 1.807) is 13.2 Å². The zero-order valence-electron chi connectivity index (χ0n) is 23.0. The first-order valence-corrected chi connectivity index (χ1v) is 13.4.